The molecule has 0 saturated carbocycles. The number of ether oxygens (including phenoxy) is 1. The van der Waals surface area contributed by atoms with Crippen molar-refractivity contribution in [3.05, 3.63) is 53.6 Å². The lowest BCUT2D eigenvalue weighted by atomic mass is 10.1. The maximum atomic E-state index is 12.4. The van der Waals surface area contributed by atoms with Crippen LogP contribution < -0.4 is 9.64 Å². The van der Waals surface area contributed by atoms with Crippen molar-refractivity contribution in [2.75, 3.05) is 37.7 Å². The average Bonchev–Trinajstić information content (AvgIpc) is 2.62. The second kappa shape index (κ2) is 8.13. The van der Waals surface area contributed by atoms with Gasteiger partial charge in [0.05, 0.1) is 13.0 Å². The van der Waals surface area contributed by atoms with Gasteiger partial charge in [-0.25, -0.2) is 0 Å². The fraction of sp³-hybridized carbons (Fsp3) is 0.381. The van der Waals surface area contributed by atoms with Gasteiger partial charge in [-0.2, -0.15) is 0 Å². The monoisotopic (exact) mass is 354 g/mol. The maximum absolute atomic E-state index is 12.4. The number of carbonyl (C=O) groups is 1. The number of rotatable bonds is 5. The summed E-state index contributed by atoms with van der Waals surface area (Å²) >= 11 is 0. The van der Waals surface area contributed by atoms with Crippen molar-refractivity contribution < 1.29 is 14.6 Å². The van der Waals surface area contributed by atoms with E-state index in [1.54, 1.807) is 24.3 Å². The van der Waals surface area contributed by atoms with Crippen LogP contribution in [0.15, 0.2) is 42.5 Å². The Balaban J connectivity index is 1.46. The van der Waals surface area contributed by atoms with Crippen LogP contribution in [0.1, 0.15) is 17.5 Å². The molecule has 1 heterocycles. The minimum atomic E-state index is 0.116. The second-order valence-corrected chi connectivity index (χ2v) is 6.75. The van der Waals surface area contributed by atoms with Crippen LogP contribution in [0.5, 0.6) is 11.5 Å². The molecule has 1 saturated heterocycles. The number of phenols is 1. The minimum Gasteiger partial charge on any atom is -0.508 e. The Bertz CT molecular complexity index is 768. The lowest BCUT2D eigenvalue weighted by Crippen LogP contribution is -2.49. The van der Waals surface area contributed by atoms with E-state index < -0.39 is 0 Å². The topological polar surface area (TPSA) is 53.0 Å². The van der Waals surface area contributed by atoms with E-state index in [0.29, 0.717) is 18.8 Å². The highest BCUT2D eigenvalue weighted by Crippen LogP contribution is 2.23. The number of amides is 1. The normalized spacial score (nSPS) is 14.4. The average molecular weight is 354 g/mol. The lowest BCUT2D eigenvalue weighted by Gasteiger charge is -2.37. The van der Waals surface area contributed by atoms with E-state index in [2.05, 4.69) is 36.9 Å². The number of hydrogen-bond acceptors (Lipinski definition) is 4. The predicted octanol–water partition coefficient (Wildman–Crippen LogP) is 3.13. The molecule has 1 aliphatic heterocycles. The molecule has 3 rings (SSSR count). The number of anilines is 1. The summed E-state index contributed by atoms with van der Waals surface area (Å²) < 4.78 is 5.55. The molecule has 5 heteroatoms. The first-order valence-corrected chi connectivity index (χ1v) is 9.05. The number of carbonyl (C=O) groups excluding carboxylic acids is 1. The van der Waals surface area contributed by atoms with E-state index in [1.165, 1.54) is 16.8 Å². The first-order chi connectivity index (χ1) is 12.5. The fourth-order valence-corrected chi connectivity index (χ4v) is 3.34. The van der Waals surface area contributed by atoms with Gasteiger partial charge >= 0.3 is 0 Å². The standard InChI is InChI=1S/C21H26N2O3/c1-16-6-7-20(17(2)14-16)22-9-11-23(12-10-22)21(25)8-13-26-19-5-3-4-18(24)15-19/h3-7,14-15,24H,8-13H2,1-2H3. The van der Waals surface area contributed by atoms with Gasteiger partial charge in [0.15, 0.2) is 0 Å². The van der Waals surface area contributed by atoms with Crippen molar-refractivity contribution in [1.82, 2.24) is 4.90 Å². The van der Waals surface area contributed by atoms with Gasteiger partial charge in [0.25, 0.3) is 0 Å². The highest BCUT2D eigenvalue weighted by atomic mass is 16.5. The Morgan fingerprint density at radius 2 is 1.85 bits per heavy atom. The summed E-state index contributed by atoms with van der Waals surface area (Å²) in [4.78, 5) is 16.6. The zero-order valence-corrected chi connectivity index (χ0v) is 15.4. The third kappa shape index (κ3) is 4.48. The van der Waals surface area contributed by atoms with Gasteiger partial charge in [-0.15, -0.1) is 0 Å². The Kier molecular flexibility index (Phi) is 5.66. The van der Waals surface area contributed by atoms with Crippen LogP contribution >= 0.6 is 0 Å². The van der Waals surface area contributed by atoms with Gasteiger partial charge in [0, 0.05) is 37.9 Å². The van der Waals surface area contributed by atoms with Crippen LogP contribution in [-0.2, 0) is 4.79 Å². The molecule has 1 amide bonds. The number of nitrogens with zero attached hydrogens (tertiary/aromatic N) is 2. The molecule has 1 fully saturated rings. The quantitative estimate of drug-likeness (QED) is 0.896. The van der Waals surface area contributed by atoms with Crippen LogP contribution in [0, 0.1) is 13.8 Å². The molecule has 0 radical (unpaired) electrons. The van der Waals surface area contributed by atoms with Crippen molar-refractivity contribution in [3.63, 3.8) is 0 Å². The summed E-state index contributed by atoms with van der Waals surface area (Å²) in [6.07, 6.45) is 0.346. The first-order valence-electron chi connectivity index (χ1n) is 9.05. The van der Waals surface area contributed by atoms with E-state index in [-0.39, 0.29) is 11.7 Å². The van der Waals surface area contributed by atoms with Crippen molar-refractivity contribution in [2.45, 2.75) is 20.3 Å². The van der Waals surface area contributed by atoms with Crippen LogP contribution in [0.3, 0.4) is 0 Å². The molecule has 26 heavy (non-hydrogen) atoms. The third-order valence-electron chi connectivity index (χ3n) is 4.73. The van der Waals surface area contributed by atoms with E-state index in [9.17, 15) is 9.90 Å². The number of piperazine rings is 1. The smallest absolute Gasteiger partial charge is 0.226 e. The molecule has 0 aliphatic carbocycles. The molecular formula is C21H26N2O3. The van der Waals surface area contributed by atoms with Crippen LogP contribution in [0.4, 0.5) is 5.69 Å². The summed E-state index contributed by atoms with van der Waals surface area (Å²) in [7, 11) is 0. The Morgan fingerprint density at radius 3 is 2.54 bits per heavy atom. The molecule has 0 atom stereocenters. The van der Waals surface area contributed by atoms with Crippen molar-refractivity contribution >= 4 is 11.6 Å². The van der Waals surface area contributed by atoms with Crippen molar-refractivity contribution in [1.29, 1.82) is 0 Å². The summed E-state index contributed by atoms with van der Waals surface area (Å²) in [5.74, 6) is 0.860. The number of aromatic hydroxyl groups is 1. The molecule has 2 aromatic rings. The molecule has 5 nitrogen and oxygen atoms in total. The van der Waals surface area contributed by atoms with Crippen LogP contribution in [0.2, 0.25) is 0 Å². The summed E-state index contributed by atoms with van der Waals surface area (Å²) in [6, 6.07) is 13.1. The molecule has 138 valence electrons. The van der Waals surface area contributed by atoms with E-state index in [0.717, 1.165) is 26.2 Å². The lowest BCUT2D eigenvalue weighted by molar-refractivity contribution is -0.132. The number of aryl methyl sites for hydroxylation is 2. The fourth-order valence-electron chi connectivity index (χ4n) is 3.34. The van der Waals surface area contributed by atoms with Crippen molar-refractivity contribution in [2.24, 2.45) is 0 Å². The van der Waals surface area contributed by atoms with Crippen LogP contribution in [0.25, 0.3) is 0 Å². The van der Waals surface area contributed by atoms with E-state index >= 15 is 0 Å². The second-order valence-electron chi connectivity index (χ2n) is 6.75. The highest BCUT2D eigenvalue weighted by Gasteiger charge is 2.21. The predicted molar refractivity (Wildman–Crippen MR) is 103 cm³/mol. The first kappa shape index (κ1) is 18.1. The number of phenolic OH excluding ortho intramolecular Hbond substituents is 1. The number of hydrogen-bond donors (Lipinski definition) is 1. The van der Waals surface area contributed by atoms with Gasteiger partial charge in [-0.1, -0.05) is 23.8 Å². The Hall–Kier alpha value is -2.69. The van der Waals surface area contributed by atoms with Gasteiger partial charge < -0.3 is 19.6 Å². The molecule has 1 N–H and O–H groups in total. The Labute approximate surface area is 154 Å². The molecule has 0 spiro atoms. The minimum absolute atomic E-state index is 0.116. The van der Waals surface area contributed by atoms with E-state index in [4.69, 9.17) is 4.74 Å². The molecular weight excluding hydrogens is 328 g/mol. The van der Waals surface area contributed by atoms with Gasteiger partial charge in [0.2, 0.25) is 5.91 Å². The zero-order valence-electron chi connectivity index (χ0n) is 15.4. The molecule has 0 unspecified atom stereocenters. The SMILES string of the molecule is Cc1ccc(N2CCN(C(=O)CCOc3cccc(O)c3)CC2)c(C)c1. The largest absolute Gasteiger partial charge is 0.508 e. The van der Waals surface area contributed by atoms with Gasteiger partial charge in [-0.05, 0) is 37.6 Å². The zero-order chi connectivity index (χ0) is 18.5. The van der Waals surface area contributed by atoms with Gasteiger partial charge in [0.1, 0.15) is 11.5 Å². The summed E-state index contributed by atoms with van der Waals surface area (Å²) in [5, 5.41) is 9.42. The molecule has 0 bridgehead atoms. The molecule has 1 aliphatic rings. The maximum Gasteiger partial charge on any atom is 0.226 e. The Morgan fingerprint density at radius 1 is 1.08 bits per heavy atom. The van der Waals surface area contributed by atoms with Gasteiger partial charge in [-0.3, -0.25) is 4.79 Å². The van der Waals surface area contributed by atoms with Crippen molar-refractivity contribution in [3.8, 4) is 11.5 Å². The molecule has 2 aromatic carbocycles. The van der Waals surface area contributed by atoms with Crippen LogP contribution in [-0.4, -0.2) is 48.7 Å². The summed E-state index contributed by atoms with van der Waals surface area (Å²) in [6.45, 7) is 7.73. The highest BCUT2D eigenvalue weighted by molar-refractivity contribution is 5.76. The van der Waals surface area contributed by atoms with E-state index in [1.807, 2.05) is 4.90 Å². The number of benzene rings is 2. The molecule has 0 aromatic heterocycles. The third-order valence-corrected chi connectivity index (χ3v) is 4.73. The summed E-state index contributed by atoms with van der Waals surface area (Å²) in [5.41, 5.74) is 3.81.